The van der Waals surface area contributed by atoms with Crippen LogP contribution in [-0.4, -0.2) is 114 Å². The smallest absolute Gasteiger partial charge is 0.270 e. The predicted octanol–water partition coefficient (Wildman–Crippen LogP) is 5.10. The molecular formula is C46H55N9O4. The maximum absolute atomic E-state index is 13.2. The maximum atomic E-state index is 13.2. The second-order valence-electron chi connectivity index (χ2n) is 17.2. The van der Waals surface area contributed by atoms with Crippen LogP contribution in [0.4, 0.5) is 17.1 Å². The molecule has 13 heteroatoms. The zero-order chi connectivity index (χ0) is 40.8. The van der Waals surface area contributed by atoms with Crippen LogP contribution in [0.2, 0.25) is 0 Å². The number of hydrogen-bond donors (Lipinski definition) is 3. The molecular weight excluding hydrogens is 743 g/mol. The number of piperidine rings is 3. The monoisotopic (exact) mass is 797 g/mol. The number of piperazine rings is 1. The molecule has 1 unspecified atom stereocenters. The fraction of sp³-hybridized carbons (Fsp3) is 0.457. The molecule has 0 aliphatic carbocycles. The quantitative estimate of drug-likeness (QED) is 0.198. The predicted molar refractivity (Wildman–Crippen MR) is 231 cm³/mol. The molecule has 2 aromatic heterocycles. The highest BCUT2D eigenvalue weighted by Crippen LogP contribution is 2.35. The molecule has 7 heterocycles. The number of imide groups is 1. The second-order valence-corrected chi connectivity index (χ2v) is 17.2. The normalized spacial score (nSPS) is 21.0. The molecule has 13 nitrogen and oxygen atoms in total. The Balaban J connectivity index is 0.706. The number of benzene rings is 2. The molecule has 4 saturated heterocycles. The van der Waals surface area contributed by atoms with Gasteiger partial charge in [0, 0.05) is 106 Å². The number of fused-ring (bicyclic) bond motifs is 2. The van der Waals surface area contributed by atoms with Crippen LogP contribution in [0.15, 0.2) is 61.4 Å². The van der Waals surface area contributed by atoms with Crippen LogP contribution in [0.5, 0.6) is 0 Å². The van der Waals surface area contributed by atoms with Crippen molar-refractivity contribution >= 4 is 57.2 Å². The van der Waals surface area contributed by atoms with E-state index in [0.717, 1.165) is 113 Å². The van der Waals surface area contributed by atoms with Crippen LogP contribution >= 0.6 is 0 Å². The van der Waals surface area contributed by atoms with Crippen molar-refractivity contribution in [3.8, 4) is 0 Å². The van der Waals surface area contributed by atoms with Gasteiger partial charge >= 0.3 is 0 Å². The molecule has 0 spiro atoms. The molecule has 0 radical (unpaired) electrons. The molecule has 9 rings (SSSR count). The van der Waals surface area contributed by atoms with Crippen molar-refractivity contribution in [2.24, 2.45) is 5.92 Å². The van der Waals surface area contributed by atoms with Gasteiger partial charge in [-0.25, -0.2) is 4.98 Å². The number of aromatic amines is 1. The van der Waals surface area contributed by atoms with E-state index >= 15 is 0 Å². The molecule has 308 valence electrons. The van der Waals surface area contributed by atoms with Crippen LogP contribution in [0.25, 0.3) is 16.5 Å². The first-order chi connectivity index (χ1) is 28.6. The van der Waals surface area contributed by atoms with Crippen molar-refractivity contribution in [3.05, 3.63) is 89.4 Å². The number of allylic oxidation sites excluding steroid dienone is 1. The molecule has 0 bridgehead atoms. The van der Waals surface area contributed by atoms with E-state index in [1.165, 1.54) is 22.2 Å². The van der Waals surface area contributed by atoms with E-state index < -0.39 is 6.04 Å². The van der Waals surface area contributed by atoms with Gasteiger partial charge in [-0.15, -0.1) is 0 Å². The highest BCUT2D eigenvalue weighted by Gasteiger charge is 2.39. The molecule has 1 atom stereocenters. The Morgan fingerprint density at radius 3 is 2.31 bits per heavy atom. The number of rotatable bonds is 9. The van der Waals surface area contributed by atoms with Crippen LogP contribution < -0.4 is 25.3 Å². The summed E-state index contributed by atoms with van der Waals surface area (Å²) in [5.41, 5.74) is 10.1. The van der Waals surface area contributed by atoms with E-state index in [1.807, 2.05) is 37.4 Å². The SMILES string of the molecule is C=C(C)c1c[nH]c2c(N3CCC(NC(=O)c4ccc(N5CCC(CN6CCN(c7ccc8c(c7)CN(C7CCC(=O)NC7=O)C8=O)CC6)CC5)cn4)CC3)ccc(C)c12. The van der Waals surface area contributed by atoms with Gasteiger partial charge in [0.15, 0.2) is 0 Å². The van der Waals surface area contributed by atoms with Gasteiger partial charge in [-0.2, -0.15) is 0 Å². The standard InChI is InChI=1S/C46H55N9O4/c1-29(2)37-26-48-43-39(9-4-30(3)42(37)43)54-18-14-33(15-19-54)49-44(57)38-8-6-35(25-47-38)52-16-12-31(13-17-52)27-51-20-22-53(23-21-51)34-5-7-36-32(24-34)28-55(46(36)59)40-10-11-41(56)50-45(40)58/h4-9,24-26,31,33,40,48H,1,10-23,27-28H2,2-3H3,(H,49,57)(H,50,56,58). The van der Waals surface area contributed by atoms with Crippen LogP contribution in [0, 0.1) is 12.8 Å². The molecule has 3 N–H and O–H groups in total. The molecule has 0 saturated carbocycles. The highest BCUT2D eigenvalue weighted by molar-refractivity contribution is 6.05. The Morgan fingerprint density at radius 2 is 1.59 bits per heavy atom. The summed E-state index contributed by atoms with van der Waals surface area (Å²) in [5, 5.41) is 6.88. The topological polar surface area (TPSA) is 137 Å². The summed E-state index contributed by atoms with van der Waals surface area (Å²) in [6.45, 7) is 17.4. The van der Waals surface area contributed by atoms with Crippen molar-refractivity contribution in [1.82, 2.24) is 30.4 Å². The zero-order valence-electron chi connectivity index (χ0n) is 34.3. The van der Waals surface area contributed by atoms with Crippen molar-refractivity contribution in [2.75, 3.05) is 73.6 Å². The third-order valence-corrected chi connectivity index (χ3v) is 13.4. The molecule has 59 heavy (non-hydrogen) atoms. The first-order valence-corrected chi connectivity index (χ1v) is 21.4. The summed E-state index contributed by atoms with van der Waals surface area (Å²) in [5.74, 6) is -0.254. The van der Waals surface area contributed by atoms with Gasteiger partial charge in [0.05, 0.1) is 23.1 Å². The van der Waals surface area contributed by atoms with E-state index in [0.29, 0.717) is 30.1 Å². The number of pyridine rings is 1. The Kier molecular flexibility index (Phi) is 10.6. The number of amides is 4. The number of aryl methyl sites for hydroxylation is 1. The van der Waals surface area contributed by atoms with E-state index in [-0.39, 0.29) is 36.1 Å². The van der Waals surface area contributed by atoms with Crippen LogP contribution in [-0.2, 0) is 16.1 Å². The average molecular weight is 798 g/mol. The second kappa shape index (κ2) is 16.2. The van der Waals surface area contributed by atoms with Crippen molar-refractivity contribution in [3.63, 3.8) is 0 Å². The molecule has 4 amide bonds. The van der Waals surface area contributed by atoms with Gasteiger partial charge in [-0.3, -0.25) is 29.4 Å². The number of carbonyl (C=O) groups excluding carboxylic acids is 4. The van der Waals surface area contributed by atoms with Crippen LogP contribution in [0.3, 0.4) is 0 Å². The molecule has 4 fully saturated rings. The summed E-state index contributed by atoms with van der Waals surface area (Å²) in [6, 6.07) is 13.9. The minimum atomic E-state index is -0.596. The minimum absolute atomic E-state index is 0.107. The molecule has 2 aromatic carbocycles. The Morgan fingerprint density at radius 1 is 0.864 bits per heavy atom. The number of nitrogens with zero attached hydrogens (tertiary/aromatic N) is 6. The van der Waals surface area contributed by atoms with E-state index in [9.17, 15) is 19.2 Å². The molecule has 5 aliphatic rings. The number of aromatic nitrogens is 2. The summed E-state index contributed by atoms with van der Waals surface area (Å²) >= 11 is 0. The van der Waals surface area contributed by atoms with E-state index in [2.05, 4.69) is 78.1 Å². The average Bonchev–Trinajstić information content (AvgIpc) is 3.84. The number of carbonyl (C=O) groups is 4. The summed E-state index contributed by atoms with van der Waals surface area (Å²) in [6.07, 6.45) is 8.55. The third-order valence-electron chi connectivity index (χ3n) is 13.4. The van der Waals surface area contributed by atoms with Crippen molar-refractivity contribution in [1.29, 1.82) is 0 Å². The van der Waals surface area contributed by atoms with E-state index in [4.69, 9.17) is 0 Å². The van der Waals surface area contributed by atoms with Crippen LogP contribution in [0.1, 0.15) is 83.0 Å². The Labute approximate surface area is 345 Å². The van der Waals surface area contributed by atoms with Gasteiger partial charge in [-0.05, 0) is 105 Å². The highest BCUT2D eigenvalue weighted by atomic mass is 16.2. The number of hydrogen-bond acceptors (Lipinski definition) is 9. The first-order valence-electron chi connectivity index (χ1n) is 21.4. The minimum Gasteiger partial charge on any atom is -0.370 e. The zero-order valence-corrected chi connectivity index (χ0v) is 34.3. The lowest BCUT2D eigenvalue weighted by Gasteiger charge is -2.40. The number of H-pyrrole nitrogens is 1. The van der Waals surface area contributed by atoms with Crippen molar-refractivity contribution in [2.45, 2.75) is 71.0 Å². The molecule has 5 aliphatic heterocycles. The third kappa shape index (κ3) is 7.80. The summed E-state index contributed by atoms with van der Waals surface area (Å²) in [7, 11) is 0. The van der Waals surface area contributed by atoms with Gasteiger partial charge < -0.3 is 29.9 Å². The van der Waals surface area contributed by atoms with Gasteiger partial charge in [0.1, 0.15) is 11.7 Å². The first kappa shape index (κ1) is 38.8. The lowest BCUT2D eigenvalue weighted by molar-refractivity contribution is -0.136. The number of anilines is 3. The lowest BCUT2D eigenvalue weighted by atomic mass is 9.95. The largest absolute Gasteiger partial charge is 0.370 e. The Hall–Kier alpha value is -5.69. The van der Waals surface area contributed by atoms with Crippen molar-refractivity contribution < 1.29 is 19.2 Å². The fourth-order valence-electron chi connectivity index (χ4n) is 9.92. The number of nitrogens with one attached hydrogen (secondary N) is 3. The fourth-order valence-corrected chi connectivity index (χ4v) is 9.92. The van der Waals surface area contributed by atoms with Gasteiger partial charge in [0.2, 0.25) is 11.8 Å². The Bertz CT molecular complexity index is 2280. The van der Waals surface area contributed by atoms with Gasteiger partial charge in [-0.1, -0.05) is 12.6 Å². The van der Waals surface area contributed by atoms with Gasteiger partial charge in [0.25, 0.3) is 11.8 Å². The summed E-state index contributed by atoms with van der Waals surface area (Å²) < 4.78 is 0. The summed E-state index contributed by atoms with van der Waals surface area (Å²) in [4.78, 5) is 70.0. The maximum Gasteiger partial charge on any atom is 0.270 e. The molecule has 4 aromatic rings. The lowest BCUT2D eigenvalue weighted by Crippen LogP contribution is -2.52. The van der Waals surface area contributed by atoms with E-state index in [1.54, 1.807) is 4.90 Å².